The third-order valence-electron chi connectivity index (χ3n) is 11.5. The molecule has 1 heterocycles. The van der Waals surface area contributed by atoms with Crippen molar-refractivity contribution < 1.29 is 4.42 Å². The number of para-hydroxylation sites is 1. The van der Waals surface area contributed by atoms with E-state index in [0.717, 1.165) is 44.4 Å². The minimum atomic E-state index is -0.516. The molecule has 258 valence electrons. The van der Waals surface area contributed by atoms with Gasteiger partial charge in [0.05, 0.1) is 11.1 Å². The Morgan fingerprint density at radius 2 is 0.927 bits per heavy atom. The van der Waals surface area contributed by atoms with Crippen molar-refractivity contribution in [3.8, 4) is 22.3 Å². The summed E-state index contributed by atoms with van der Waals surface area (Å²) in [6, 6.07) is 77.0. The quantitative estimate of drug-likeness (QED) is 0.172. The number of nitrogens with zero attached hydrogens (tertiary/aromatic N) is 1. The van der Waals surface area contributed by atoms with Crippen molar-refractivity contribution >= 4 is 49.8 Å². The smallest absolute Gasteiger partial charge is 0.138 e. The molecule has 0 amide bonds. The number of rotatable bonds is 6. The first-order chi connectivity index (χ1) is 27.3. The zero-order chi connectivity index (χ0) is 36.3. The molecule has 1 aromatic heterocycles. The second-order valence-electron chi connectivity index (χ2n) is 14.4. The highest BCUT2D eigenvalue weighted by molar-refractivity contribution is 6.22. The second kappa shape index (κ2) is 12.5. The largest absolute Gasteiger partial charge is 0.456 e. The highest BCUT2D eigenvalue weighted by atomic mass is 16.3. The Balaban J connectivity index is 1.19. The summed E-state index contributed by atoms with van der Waals surface area (Å²) >= 11 is 0. The molecule has 10 aromatic rings. The number of anilines is 3. The van der Waals surface area contributed by atoms with Crippen LogP contribution in [0.3, 0.4) is 0 Å². The van der Waals surface area contributed by atoms with Crippen molar-refractivity contribution in [3.63, 3.8) is 0 Å². The molecule has 1 aliphatic rings. The van der Waals surface area contributed by atoms with Gasteiger partial charge in [0.1, 0.15) is 11.2 Å². The van der Waals surface area contributed by atoms with Crippen LogP contribution in [0.25, 0.3) is 55.0 Å². The molecule has 55 heavy (non-hydrogen) atoms. The molecule has 0 radical (unpaired) electrons. The first-order valence-electron chi connectivity index (χ1n) is 18.9. The lowest BCUT2D eigenvalue weighted by Gasteiger charge is -2.35. The molecule has 0 saturated carbocycles. The first kappa shape index (κ1) is 31.4. The van der Waals surface area contributed by atoms with Gasteiger partial charge in [-0.15, -0.1) is 0 Å². The summed E-state index contributed by atoms with van der Waals surface area (Å²) in [5.74, 6) is 0. The molecule has 2 nitrogen and oxygen atoms in total. The van der Waals surface area contributed by atoms with E-state index in [2.05, 4.69) is 211 Å². The molecule has 0 aliphatic heterocycles. The molecule has 11 rings (SSSR count). The first-order valence-corrected chi connectivity index (χ1v) is 18.9. The van der Waals surface area contributed by atoms with Gasteiger partial charge in [-0.05, 0) is 80.2 Å². The van der Waals surface area contributed by atoms with E-state index in [1.807, 2.05) is 6.07 Å². The van der Waals surface area contributed by atoms with Crippen LogP contribution in [0.1, 0.15) is 22.3 Å². The lowest BCUT2D eigenvalue weighted by Crippen LogP contribution is -2.28. The molecular formula is C53H35NO. The van der Waals surface area contributed by atoms with Crippen LogP contribution in [0.5, 0.6) is 0 Å². The van der Waals surface area contributed by atoms with Gasteiger partial charge in [-0.3, -0.25) is 0 Å². The molecular weight excluding hydrogens is 667 g/mol. The lowest BCUT2D eigenvalue weighted by atomic mass is 9.67. The average Bonchev–Trinajstić information content (AvgIpc) is 3.79. The lowest BCUT2D eigenvalue weighted by molar-refractivity contribution is 0.669. The molecule has 9 aromatic carbocycles. The van der Waals surface area contributed by atoms with Gasteiger partial charge in [0.15, 0.2) is 0 Å². The summed E-state index contributed by atoms with van der Waals surface area (Å²) in [4.78, 5) is 2.42. The molecule has 0 N–H and O–H groups in total. The van der Waals surface area contributed by atoms with Crippen molar-refractivity contribution in [1.29, 1.82) is 0 Å². The van der Waals surface area contributed by atoms with Crippen molar-refractivity contribution in [1.82, 2.24) is 0 Å². The van der Waals surface area contributed by atoms with Crippen LogP contribution in [0.2, 0.25) is 0 Å². The Morgan fingerprint density at radius 3 is 1.65 bits per heavy atom. The summed E-state index contributed by atoms with van der Waals surface area (Å²) in [5, 5.41) is 4.60. The fraction of sp³-hybridized carbons (Fsp3) is 0.0189. The third-order valence-corrected chi connectivity index (χ3v) is 11.5. The predicted molar refractivity (Wildman–Crippen MR) is 229 cm³/mol. The minimum Gasteiger partial charge on any atom is -0.456 e. The van der Waals surface area contributed by atoms with Gasteiger partial charge in [-0.2, -0.15) is 0 Å². The third kappa shape index (κ3) is 4.75. The van der Waals surface area contributed by atoms with Gasteiger partial charge >= 0.3 is 0 Å². The van der Waals surface area contributed by atoms with Crippen LogP contribution in [-0.2, 0) is 5.41 Å². The number of hydrogen-bond donors (Lipinski definition) is 0. The summed E-state index contributed by atoms with van der Waals surface area (Å²) in [6.07, 6.45) is 0. The number of benzene rings is 9. The fourth-order valence-corrected chi connectivity index (χ4v) is 9.21. The number of furan rings is 1. The molecule has 0 atom stereocenters. The minimum absolute atomic E-state index is 0.516. The Morgan fingerprint density at radius 1 is 0.364 bits per heavy atom. The Hall–Kier alpha value is -7.16. The maximum Gasteiger partial charge on any atom is 0.138 e. The van der Waals surface area contributed by atoms with Crippen molar-refractivity contribution in [2.45, 2.75) is 5.41 Å². The normalized spacial score (nSPS) is 12.9. The fourth-order valence-electron chi connectivity index (χ4n) is 9.21. The van der Waals surface area contributed by atoms with E-state index in [0.29, 0.717) is 0 Å². The molecule has 0 unspecified atom stereocenters. The summed E-state index contributed by atoms with van der Waals surface area (Å²) in [7, 11) is 0. The van der Waals surface area contributed by atoms with Crippen LogP contribution in [-0.4, -0.2) is 0 Å². The van der Waals surface area contributed by atoms with Gasteiger partial charge < -0.3 is 9.32 Å². The number of hydrogen-bond acceptors (Lipinski definition) is 2. The van der Waals surface area contributed by atoms with Crippen LogP contribution in [0.15, 0.2) is 217 Å². The number of fused-ring (bicyclic) bond motifs is 8. The Kier molecular flexibility index (Phi) is 7.11. The van der Waals surface area contributed by atoms with Crippen LogP contribution < -0.4 is 4.90 Å². The molecule has 0 spiro atoms. The maximum absolute atomic E-state index is 6.63. The summed E-state index contributed by atoms with van der Waals surface area (Å²) in [6.45, 7) is 0. The van der Waals surface area contributed by atoms with Gasteiger partial charge in [-0.1, -0.05) is 176 Å². The molecule has 1 aliphatic carbocycles. The zero-order valence-electron chi connectivity index (χ0n) is 30.1. The SMILES string of the molecule is c1ccc(-c2ccc(N(c3cccc(C4(c5ccccc5)c5ccccc5-c5ccccc54)c3)c3cc4oc5ccccc5c4c4ccccc34)cc2)cc1. The monoisotopic (exact) mass is 701 g/mol. The van der Waals surface area contributed by atoms with Gasteiger partial charge in [-0.25, -0.2) is 0 Å². The van der Waals surface area contributed by atoms with E-state index in [1.54, 1.807) is 0 Å². The summed E-state index contributed by atoms with van der Waals surface area (Å²) < 4.78 is 6.63. The van der Waals surface area contributed by atoms with Crippen molar-refractivity contribution in [2.24, 2.45) is 0 Å². The highest BCUT2D eigenvalue weighted by Crippen LogP contribution is 2.57. The van der Waals surface area contributed by atoms with E-state index in [-0.39, 0.29) is 0 Å². The van der Waals surface area contributed by atoms with E-state index in [4.69, 9.17) is 4.42 Å². The van der Waals surface area contributed by atoms with E-state index in [9.17, 15) is 0 Å². The van der Waals surface area contributed by atoms with Crippen molar-refractivity contribution in [3.05, 3.63) is 235 Å². The van der Waals surface area contributed by atoms with Crippen LogP contribution in [0, 0.1) is 0 Å². The van der Waals surface area contributed by atoms with E-state index in [1.165, 1.54) is 49.9 Å². The Labute approximate surface area is 320 Å². The van der Waals surface area contributed by atoms with Gasteiger partial charge in [0.25, 0.3) is 0 Å². The Bertz CT molecular complexity index is 2990. The average molecular weight is 702 g/mol. The topological polar surface area (TPSA) is 16.4 Å². The van der Waals surface area contributed by atoms with Crippen LogP contribution >= 0.6 is 0 Å². The van der Waals surface area contributed by atoms with Crippen LogP contribution in [0.4, 0.5) is 17.1 Å². The molecule has 0 bridgehead atoms. The standard InChI is InChI=1S/C53H35NO/c1-3-16-36(17-4-1)37-30-32-40(33-31-37)54(49-35-51-52(45-25-8-7-24-44(45)49)46-26-11-14-29-50(46)55-51)41-21-15-20-39(34-41)53(38-18-5-2-6-19-38)47-27-12-9-22-42(47)43-23-10-13-28-48(43)53/h1-35H. The second-order valence-corrected chi connectivity index (χ2v) is 14.4. The van der Waals surface area contributed by atoms with Crippen molar-refractivity contribution in [2.75, 3.05) is 4.90 Å². The molecule has 0 saturated heterocycles. The summed E-state index contributed by atoms with van der Waals surface area (Å²) in [5.41, 5.74) is 14.4. The zero-order valence-corrected chi connectivity index (χ0v) is 30.1. The molecule has 2 heteroatoms. The van der Waals surface area contributed by atoms with Gasteiger partial charge in [0, 0.05) is 33.6 Å². The van der Waals surface area contributed by atoms with Gasteiger partial charge in [0.2, 0.25) is 0 Å². The highest BCUT2D eigenvalue weighted by Gasteiger charge is 2.46. The van der Waals surface area contributed by atoms with E-state index < -0.39 is 5.41 Å². The maximum atomic E-state index is 6.63. The predicted octanol–water partition coefficient (Wildman–Crippen LogP) is 14.2. The molecule has 0 fully saturated rings. The van der Waals surface area contributed by atoms with E-state index >= 15 is 0 Å².